The van der Waals surface area contributed by atoms with Crippen molar-refractivity contribution >= 4 is 34.0 Å². The Kier molecular flexibility index (Phi) is 4.04. The van der Waals surface area contributed by atoms with Gasteiger partial charge in [0.05, 0.1) is 17.4 Å². The second-order valence-corrected chi connectivity index (χ2v) is 7.33. The lowest BCUT2D eigenvalue weighted by Gasteiger charge is -2.10. The first-order chi connectivity index (χ1) is 14.1. The Morgan fingerprint density at radius 3 is 2.55 bits per heavy atom. The van der Waals surface area contributed by atoms with Crippen molar-refractivity contribution in [2.75, 3.05) is 10.6 Å². The molecule has 1 aliphatic carbocycles. The molecule has 8 nitrogen and oxygen atoms in total. The Bertz CT molecular complexity index is 1280. The highest BCUT2D eigenvalue weighted by atomic mass is 16.2. The Labute approximate surface area is 166 Å². The summed E-state index contributed by atoms with van der Waals surface area (Å²) in [5.74, 6) is 1.49. The Hall–Kier alpha value is -3.68. The molecule has 1 saturated carbocycles. The van der Waals surface area contributed by atoms with Crippen LogP contribution in [0.4, 0.5) is 11.4 Å². The van der Waals surface area contributed by atoms with E-state index in [4.69, 9.17) is 0 Å². The standard InChI is InChI=1S/C21H20N6O2/c1-26-20(29)16-4-2-3-5-17(16)27-18(24-25-21(26)27)12-22-14-8-10-15(11-9-14)23-19(28)13-6-7-13/h2-5,8-11,13,22H,6-7,12H2,1H3,(H,23,28). The van der Waals surface area contributed by atoms with Gasteiger partial charge in [-0.05, 0) is 49.2 Å². The van der Waals surface area contributed by atoms with E-state index in [1.807, 2.05) is 52.9 Å². The van der Waals surface area contributed by atoms with Crippen LogP contribution in [0.25, 0.3) is 16.7 Å². The molecule has 8 heteroatoms. The molecule has 2 heterocycles. The maximum Gasteiger partial charge on any atom is 0.262 e. The molecule has 5 rings (SSSR count). The molecule has 0 radical (unpaired) electrons. The van der Waals surface area contributed by atoms with Crippen LogP contribution < -0.4 is 16.2 Å². The highest BCUT2D eigenvalue weighted by molar-refractivity contribution is 5.94. The lowest BCUT2D eigenvalue weighted by Crippen LogP contribution is -2.20. The number of hydrogen-bond acceptors (Lipinski definition) is 5. The number of aromatic nitrogens is 4. The number of benzene rings is 2. The van der Waals surface area contributed by atoms with Gasteiger partial charge in [0, 0.05) is 24.3 Å². The van der Waals surface area contributed by atoms with Crippen LogP contribution in [0.5, 0.6) is 0 Å². The molecular formula is C21H20N6O2. The zero-order chi connectivity index (χ0) is 20.0. The first-order valence-corrected chi connectivity index (χ1v) is 9.58. The van der Waals surface area contributed by atoms with Crippen molar-refractivity contribution in [1.82, 2.24) is 19.2 Å². The van der Waals surface area contributed by atoms with E-state index in [0.717, 1.165) is 29.7 Å². The van der Waals surface area contributed by atoms with Crippen molar-refractivity contribution in [2.45, 2.75) is 19.4 Å². The third-order valence-corrected chi connectivity index (χ3v) is 5.24. The monoisotopic (exact) mass is 388 g/mol. The minimum absolute atomic E-state index is 0.0937. The fraction of sp³-hybridized carbons (Fsp3) is 0.238. The molecule has 1 fully saturated rings. The summed E-state index contributed by atoms with van der Waals surface area (Å²) >= 11 is 0. The van der Waals surface area contributed by atoms with Crippen molar-refractivity contribution in [3.8, 4) is 0 Å². The molecule has 0 atom stereocenters. The highest BCUT2D eigenvalue weighted by Gasteiger charge is 2.29. The van der Waals surface area contributed by atoms with E-state index >= 15 is 0 Å². The van der Waals surface area contributed by atoms with Gasteiger partial charge in [-0.2, -0.15) is 0 Å². The van der Waals surface area contributed by atoms with Crippen LogP contribution in [0.3, 0.4) is 0 Å². The lowest BCUT2D eigenvalue weighted by molar-refractivity contribution is -0.117. The molecule has 0 aliphatic heterocycles. The van der Waals surface area contributed by atoms with E-state index < -0.39 is 0 Å². The number of hydrogen-bond donors (Lipinski definition) is 2. The number of para-hydroxylation sites is 1. The third-order valence-electron chi connectivity index (χ3n) is 5.24. The molecule has 146 valence electrons. The maximum atomic E-state index is 12.5. The lowest BCUT2D eigenvalue weighted by atomic mass is 10.2. The number of fused-ring (bicyclic) bond motifs is 3. The molecule has 0 spiro atoms. The zero-order valence-corrected chi connectivity index (χ0v) is 15.9. The van der Waals surface area contributed by atoms with Crippen LogP contribution in [0.2, 0.25) is 0 Å². The minimum atomic E-state index is -0.0937. The van der Waals surface area contributed by atoms with E-state index in [1.165, 1.54) is 4.57 Å². The predicted molar refractivity (Wildman–Crippen MR) is 111 cm³/mol. The summed E-state index contributed by atoms with van der Waals surface area (Å²) in [5.41, 5.74) is 2.39. The van der Waals surface area contributed by atoms with Crippen LogP contribution >= 0.6 is 0 Å². The second-order valence-electron chi connectivity index (χ2n) is 7.33. The van der Waals surface area contributed by atoms with E-state index in [2.05, 4.69) is 20.8 Å². The molecule has 2 N–H and O–H groups in total. The summed E-state index contributed by atoms with van der Waals surface area (Å²) in [4.78, 5) is 24.4. The molecule has 4 aromatic rings. The van der Waals surface area contributed by atoms with E-state index in [-0.39, 0.29) is 17.4 Å². The fourth-order valence-corrected chi connectivity index (χ4v) is 3.45. The summed E-state index contributed by atoms with van der Waals surface area (Å²) in [6.07, 6.45) is 1.97. The summed E-state index contributed by atoms with van der Waals surface area (Å²) in [6, 6.07) is 15.0. The number of anilines is 2. The quantitative estimate of drug-likeness (QED) is 0.548. The van der Waals surface area contributed by atoms with Gasteiger partial charge < -0.3 is 10.6 Å². The predicted octanol–water partition coefficient (Wildman–Crippen LogP) is 2.54. The first kappa shape index (κ1) is 17.4. The molecule has 0 bridgehead atoms. The second kappa shape index (κ2) is 6.73. The Morgan fingerprint density at radius 2 is 1.79 bits per heavy atom. The van der Waals surface area contributed by atoms with E-state index in [0.29, 0.717) is 23.5 Å². The van der Waals surface area contributed by atoms with Gasteiger partial charge in [-0.3, -0.25) is 18.6 Å². The Balaban J connectivity index is 1.40. The molecule has 2 aromatic heterocycles. The molecule has 0 unspecified atom stereocenters. The average molecular weight is 388 g/mol. The van der Waals surface area contributed by atoms with Gasteiger partial charge in [0.1, 0.15) is 0 Å². The van der Waals surface area contributed by atoms with Gasteiger partial charge in [0.2, 0.25) is 11.7 Å². The fourth-order valence-electron chi connectivity index (χ4n) is 3.45. The van der Waals surface area contributed by atoms with Crippen LogP contribution in [-0.4, -0.2) is 25.1 Å². The maximum absolute atomic E-state index is 12.5. The number of aryl methyl sites for hydroxylation is 1. The van der Waals surface area contributed by atoms with Gasteiger partial charge in [-0.15, -0.1) is 10.2 Å². The molecule has 1 aliphatic rings. The topological polar surface area (TPSA) is 93.3 Å². The van der Waals surface area contributed by atoms with Crippen molar-refractivity contribution in [3.63, 3.8) is 0 Å². The van der Waals surface area contributed by atoms with E-state index in [1.54, 1.807) is 7.05 Å². The minimum Gasteiger partial charge on any atom is -0.378 e. The average Bonchev–Trinajstić information content (AvgIpc) is 3.51. The zero-order valence-electron chi connectivity index (χ0n) is 15.9. The van der Waals surface area contributed by atoms with Gasteiger partial charge in [0.25, 0.3) is 5.56 Å². The summed E-state index contributed by atoms with van der Waals surface area (Å²) in [5, 5.41) is 15.4. The summed E-state index contributed by atoms with van der Waals surface area (Å²) in [6.45, 7) is 0.442. The van der Waals surface area contributed by atoms with Gasteiger partial charge in [-0.1, -0.05) is 12.1 Å². The van der Waals surface area contributed by atoms with E-state index in [9.17, 15) is 9.59 Å². The SMILES string of the molecule is Cn1c(=O)c2ccccc2n2c(CNc3ccc(NC(=O)C4CC4)cc3)nnc12. The number of rotatable bonds is 5. The highest BCUT2D eigenvalue weighted by Crippen LogP contribution is 2.30. The van der Waals surface area contributed by atoms with Crippen molar-refractivity contribution in [1.29, 1.82) is 0 Å². The van der Waals surface area contributed by atoms with Crippen LogP contribution in [0.1, 0.15) is 18.7 Å². The molecule has 29 heavy (non-hydrogen) atoms. The molecular weight excluding hydrogens is 368 g/mol. The van der Waals surface area contributed by atoms with Crippen LogP contribution in [0, 0.1) is 5.92 Å². The van der Waals surface area contributed by atoms with Crippen molar-refractivity contribution in [2.24, 2.45) is 13.0 Å². The van der Waals surface area contributed by atoms with Gasteiger partial charge in [0.15, 0.2) is 5.82 Å². The Morgan fingerprint density at radius 1 is 1.07 bits per heavy atom. The molecule has 0 saturated heterocycles. The van der Waals surface area contributed by atoms with Crippen molar-refractivity contribution in [3.05, 3.63) is 64.7 Å². The normalized spacial score (nSPS) is 13.7. The summed E-state index contributed by atoms with van der Waals surface area (Å²) in [7, 11) is 1.70. The van der Waals surface area contributed by atoms with Crippen molar-refractivity contribution < 1.29 is 4.79 Å². The number of nitrogens with one attached hydrogen (secondary N) is 2. The summed E-state index contributed by atoms with van der Waals surface area (Å²) < 4.78 is 3.41. The van der Waals surface area contributed by atoms with Gasteiger partial charge in [-0.25, -0.2) is 0 Å². The van der Waals surface area contributed by atoms with Crippen LogP contribution in [-0.2, 0) is 18.4 Å². The molecule has 2 aromatic carbocycles. The van der Waals surface area contributed by atoms with Gasteiger partial charge >= 0.3 is 0 Å². The third kappa shape index (κ3) is 3.12. The number of carbonyl (C=O) groups excluding carboxylic acids is 1. The number of nitrogens with zero attached hydrogens (tertiary/aromatic N) is 4. The van der Waals surface area contributed by atoms with Crippen LogP contribution in [0.15, 0.2) is 53.3 Å². The number of amides is 1. The number of carbonyl (C=O) groups is 1. The molecule has 1 amide bonds. The largest absolute Gasteiger partial charge is 0.378 e. The smallest absolute Gasteiger partial charge is 0.262 e. The first-order valence-electron chi connectivity index (χ1n) is 9.58.